The third kappa shape index (κ3) is 3.98. The van der Waals surface area contributed by atoms with Crippen LogP contribution in [0, 0.1) is 0 Å². The first-order valence-corrected chi connectivity index (χ1v) is 12.1. The minimum atomic E-state index is -0.413. The van der Waals surface area contributed by atoms with Gasteiger partial charge in [-0.1, -0.05) is 41.7 Å². The third-order valence-electron chi connectivity index (χ3n) is 5.33. The quantitative estimate of drug-likeness (QED) is 0.237. The third-order valence-corrected chi connectivity index (χ3v) is 7.27. The molecule has 0 radical (unpaired) electrons. The average molecular weight is 486 g/mol. The molecule has 5 rings (SSSR count). The SMILES string of the molecule is C=CCn1c(=NC(=O)c2cc(-c3cccs3)nc3ccccc23)sc2cc(C(=O)OC)ccc21. The van der Waals surface area contributed by atoms with E-state index >= 15 is 0 Å². The van der Waals surface area contributed by atoms with Gasteiger partial charge in [0.05, 0.1) is 44.5 Å². The Balaban J connectivity index is 1.69. The molecule has 0 aliphatic carbocycles. The summed E-state index contributed by atoms with van der Waals surface area (Å²) in [7, 11) is 1.35. The molecule has 1 amide bonds. The van der Waals surface area contributed by atoms with Crippen molar-refractivity contribution in [2.24, 2.45) is 4.99 Å². The molecule has 0 unspecified atom stereocenters. The summed E-state index contributed by atoms with van der Waals surface area (Å²) < 4.78 is 7.58. The van der Waals surface area contributed by atoms with Gasteiger partial charge >= 0.3 is 5.97 Å². The second-order valence-electron chi connectivity index (χ2n) is 7.42. The van der Waals surface area contributed by atoms with Crippen LogP contribution in [0.5, 0.6) is 0 Å². The summed E-state index contributed by atoms with van der Waals surface area (Å²) in [5.74, 6) is -0.765. The lowest BCUT2D eigenvalue weighted by Gasteiger charge is -2.06. The number of hydrogen-bond acceptors (Lipinski definition) is 6. The Labute approximate surface area is 203 Å². The molecule has 34 heavy (non-hydrogen) atoms. The van der Waals surface area contributed by atoms with Crippen LogP contribution in [0.15, 0.2) is 83.7 Å². The molecule has 3 aromatic heterocycles. The zero-order valence-electron chi connectivity index (χ0n) is 18.2. The van der Waals surface area contributed by atoms with Crippen LogP contribution in [0.3, 0.4) is 0 Å². The van der Waals surface area contributed by atoms with Gasteiger partial charge in [-0.05, 0) is 41.8 Å². The highest BCUT2D eigenvalue weighted by atomic mass is 32.1. The molecule has 0 bridgehead atoms. The summed E-state index contributed by atoms with van der Waals surface area (Å²) in [6.45, 7) is 4.31. The maximum absolute atomic E-state index is 13.5. The minimum absolute atomic E-state index is 0.353. The van der Waals surface area contributed by atoms with Crippen molar-refractivity contribution >= 4 is 55.7 Å². The highest BCUT2D eigenvalue weighted by Crippen LogP contribution is 2.28. The molecule has 5 aromatic rings. The summed E-state index contributed by atoms with van der Waals surface area (Å²) in [5.41, 5.74) is 3.28. The summed E-state index contributed by atoms with van der Waals surface area (Å²) in [6, 6.07) is 18.6. The Bertz CT molecular complexity index is 1630. The second kappa shape index (κ2) is 9.17. The number of rotatable bonds is 5. The Hall–Kier alpha value is -3.88. The molecule has 0 saturated heterocycles. The predicted octanol–water partition coefficient (Wildman–Crippen LogP) is 5.69. The van der Waals surface area contributed by atoms with Crippen molar-refractivity contribution < 1.29 is 14.3 Å². The Morgan fingerprint density at radius 1 is 1.15 bits per heavy atom. The van der Waals surface area contributed by atoms with E-state index in [-0.39, 0.29) is 5.91 Å². The molecule has 0 aliphatic rings. The highest BCUT2D eigenvalue weighted by molar-refractivity contribution is 7.16. The van der Waals surface area contributed by atoms with E-state index in [1.54, 1.807) is 35.6 Å². The number of carbonyl (C=O) groups excluding carboxylic acids is 2. The van der Waals surface area contributed by atoms with Gasteiger partial charge in [-0.2, -0.15) is 4.99 Å². The number of esters is 1. The fraction of sp³-hybridized carbons (Fsp3) is 0.0769. The number of thiophene rings is 1. The lowest BCUT2D eigenvalue weighted by atomic mass is 10.1. The van der Waals surface area contributed by atoms with Gasteiger partial charge in [-0.25, -0.2) is 9.78 Å². The summed E-state index contributed by atoms with van der Waals surface area (Å²) in [5, 5.41) is 2.73. The van der Waals surface area contributed by atoms with Crippen LogP contribution in [0.4, 0.5) is 0 Å². The van der Waals surface area contributed by atoms with Crippen molar-refractivity contribution in [1.82, 2.24) is 9.55 Å². The van der Waals surface area contributed by atoms with Crippen molar-refractivity contribution in [3.63, 3.8) is 0 Å². The van der Waals surface area contributed by atoms with Gasteiger partial charge in [0, 0.05) is 11.9 Å². The average Bonchev–Trinajstić information content (AvgIpc) is 3.51. The summed E-state index contributed by atoms with van der Waals surface area (Å²) in [6.07, 6.45) is 1.75. The number of pyridine rings is 1. The van der Waals surface area contributed by atoms with Crippen molar-refractivity contribution in [2.75, 3.05) is 7.11 Å². The van der Waals surface area contributed by atoms with E-state index in [0.717, 1.165) is 31.7 Å². The first kappa shape index (κ1) is 21.9. The minimum Gasteiger partial charge on any atom is -0.465 e. The summed E-state index contributed by atoms with van der Waals surface area (Å²) >= 11 is 2.91. The number of aromatic nitrogens is 2. The summed E-state index contributed by atoms with van der Waals surface area (Å²) in [4.78, 5) is 36.2. The maximum atomic E-state index is 13.5. The van der Waals surface area contributed by atoms with Crippen LogP contribution in [0.2, 0.25) is 0 Å². The van der Waals surface area contributed by atoms with E-state index in [4.69, 9.17) is 9.72 Å². The van der Waals surface area contributed by atoms with Crippen LogP contribution >= 0.6 is 22.7 Å². The van der Waals surface area contributed by atoms with Gasteiger partial charge in [0.15, 0.2) is 4.80 Å². The molecular formula is C26H19N3O3S2. The zero-order chi connectivity index (χ0) is 23.7. The van der Waals surface area contributed by atoms with Crippen molar-refractivity contribution in [2.45, 2.75) is 6.54 Å². The number of methoxy groups -OCH3 is 1. The van der Waals surface area contributed by atoms with Gasteiger partial charge in [0.2, 0.25) is 0 Å². The van der Waals surface area contributed by atoms with E-state index in [1.165, 1.54) is 18.4 Å². The molecular weight excluding hydrogens is 466 g/mol. The number of amides is 1. The number of thiazole rings is 1. The van der Waals surface area contributed by atoms with Crippen LogP contribution < -0.4 is 4.80 Å². The highest BCUT2D eigenvalue weighted by Gasteiger charge is 2.16. The maximum Gasteiger partial charge on any atom is 0.337 e. The van der Waals surface area contributed by atoms with E-state index in [9.17, 15) is 9.59 Å². The van der Waals surface area contributed by atoms with E-state index in [2.05, 4.69) is 11.6 Å². The molecule has 0 N–H and O–H groups in total. The van der Waals surface area contributed by atoms with Gasteiger partial charge < -0.3 is 9.30 Å². The number of fused-ring (bicyclic) bond motifs is 2. The molecule has 0 spiro atoms. The fourth-order valence-corrected chi connectivity index (χ4v) is 5.52. The first-order chi connectivity index (χ1) is 16.6. The Morgan fingerprint density at radius 3 is 2.76 bits per heavy atom. The topological polar surface area (TPSA) is 73.5 Å². The number of para-hydroxylation sites is 1. The molecule has 0 fully saturated rings. The number of ether oxygens (including phenoxy) is 1. The zero-order valence-corrected chi connectivity index (χ0v) is 19.9. The monoisotopic (exact) mass is 485 g/mol. The van der Waals surface area contributed by atoms with Crippen molar-refractivity contribution in [3.05, 3.63) is 94.6 Å². The largest absolute Gasteiger partial charge is 0.465 e. The van der Waals surface area contributed by atoms with Gasteiger partial charge in [0.25, 0.3) is 5.91 Å². The van der Waals surface area contributed by atoms with Crippen LogP contribution in [0.25, 0.3) is 31.7 Å². The van der Waals surface area contributed by atoms with E-state index < -0.39 is 5.97 Å². The molecule has 0 aliphatic heterocycles. The van der Waals surface area contributed by atoms with Gasteiger partial charge in [0.1, 0.15) is 0 Å². The normalized spacial score (nSPS) is 11.7. The molecule has 2 aromatic carbocycles. The molecule has 3 heterocycles. The molecule has 8 heteroatoms. The fourth-order valence-electron chi connectivity index (χ4n) is 3.76. The standard InChI is InChI=1S/C26H19N3O3S2/c1-3-12-29-21-11-10-16(25(31)32-2)14-23(21)34-26(29)28-24(30)18-15-20(22-9-6-13-33-22)27-19-8-5-4-7-17(18)19/h3-11,13-15H,1,12H2,2H3. The van der Waals surface area contributed by atoms with Crippen LogP contribution in [-0.4, -0.2) is 28.5 Å². The number of benzene rings is 2. The van der Waals surface area contributed by atoms with Gasteiger partial charge in [-0.15, -0.1) is 17.9 Å². The molecule has 0 saturated carbocycles. The lowest BCUT2D eigenvalue weighted by molar-refractivity contribution is 0.0601. The number of hydrogen-bond donors (Lipinski definition) is 0. The first-order valence-electron chi connectivity index (χ1n) is 10.4. The Morgan fingerprint density at radius 2 is 2.00 bits per heavy atom. The van der Waals surface area contributed by atoms with Crippen molar-refractivity contribution in [3.8, 4) is 10.6 Å². The molecule has 0 atom stereocenters. The van der Waals surface area contributed by atoms with Crippen LogP contribution in [-0.2, 0) is 11.3 Å². The lowest BCUT2D eigenvalue weighted by Crippen LogP contribution is -2.16. The predicted molar refractivity (Wildman–Crippen MR) is 136 cm³/mol. The Kier molecular flexibility index (Phi) is 5.91. The number of carbonyl (C=O) groups is 2. The van der Waals surface area contributed by atoms with E-state index in [1.807, 2.05) is 52.4 Å². The molecule has 168 valence electrons. The van der Waals surface area contributed by atoms with Gasteiger partial charge in [-0.3, -0.25) is 4.79 Å². The van der Waals surface area contributed by atoms with Crippen LogP contribution in [0.1, 0.15) is 20.7 Å². The van der Waals surface area contributed by atoms with Crippen molar-refractivity contribution in [1.29, 1.82) is 0 Å². The number of allylic oxidation sites excluding steroid dienone is 1. The van der Waals surface area contributed by atoms with E-state index in [0.29, 0.717) is 22.5 Å². The second-order valence-corrected chi connectivity index (χ2v) is 9.38. The number of nitrogens with zero attached hydrogens (tertiary/aromatic N) is 3. The molecule has 6 nitrogen and oxygen atoms in total. The smallest absolute Gasteiger partial charge is 0.337 e.